The average Bonchev–Trinajstić information content (AvgIpc) is 2.51. The molecule has 21 heavy (non-hydrogen) atoms. The van der Waals surface area contributed by atoms with Gasteiger partial charge in [0.15, 0.2) is 0 Å². The van der Waals surface area contributed by atoms with Crippen molar-refractivity contribution in [2.75, 3.05) is 13.1 Å². The Morgan fingerprint density at radius 3 is 1.52 bits per heavy atom. The van der Waals surface area contributed by atoms with Gasteiger partial charge in [-0.1, -0.05) is 4.32 Å². The molecule has 111 valence electrons. The van der Waals surface area contributed by atoms with Gasteiger partial charge in [-0.2, -0.15) is 0 Å². The molecule has 0 atom stereocenters. The summed E-state index contributed by atoms with van der Waals surface area (Å²) in [6, 6.07) is 21.5. The number of hydrogen-bond donors (Lipinski definition) is 0. The zero-order chi connectivity index (χ0) is 15.5. The number of thiocarbonyl (C=S) groups is 1. The van der Waals surface area contributed by atoms with E-state index < -0.39 is 0 Å². The number of nitrogens with zero attached hydrogens (tertiary/aromatic N) is 1. The van der Waals surface area contributed by atoms with Crippen LogP contribution < -0.4 is 7.02 Å². The van der Waals surface area contributed by atoms with Crippen LogP contribution in [0.25, 0.3) is 0 Å². The number of rotatable bonds is 4. The summed E-state index contributed by atoms with van der Waals surface area (Å²) in [4.78, 5) is 1.96. The van der Waals surface area contributed by atoms with Gasteiger partial charge in [0.05, 0.1) is 0 Å². The average molecular weight is 424 g/mol. The van der Waals surface area contributed by atoms with Gasteiger partial charge in [0, 0.05) is 13.1 Å². The van der Waals surface area contributed by atoms with E-state index in [1.807, 2.05) is 18.7 Å². The fraction of sp³-hybridized carbons (Fsp3) is 0.235. The Hall–Kier alpha value is -0.632. The molecule has 0 aliphatic rings. The maximum atomic E-state index is 4.76. The number of benzene rings is 2. The first kappa shape index (κ1) is 18.4. The van der Waals surface area contributed by atoms with Crippen LogP contribution in [0.4, 0.5) is 0 Å². The molecular weight excluding hydrogens is 404 g/mol. The van der Waals surface area contributed by atoms with Gasteiger partial charge in [0.1, 0.15) is 0 Å². The van der Waals surface area contributed by atoms with Crippen LogP contribution in [0, 0.1) is 0 Å². The van der Waals surface area contributed by atoms with E-state index in [1.54, 1.807) is 0 Å². The summed E-state index contributed by atoms with van der Waals surface area (Å²) in [5.41, 5.74) is 0. The van der Waals surface area contributed by atoms with Crippen molar-refractivity contribution in [3.05, 3.63) is 60.7 Å². The van der Waals surface area contributed by atoms with Crippen molar-refractivity contribution < 1.29 is 0 Å². The molecule has 0 aliphatic heterocycles. The van der Waals surface area contributed by atoms with Crippen molar-refractivity contribution in [2.45, 2.75) is 13.8 Å². The SMILES string of the molecule is CCN(CC)C(=S)[S-].c1cc[c]([Sb][c]2ccccc2)cc1. The van der Waals surface area contributed by atoms with Crippen LogP contribution >= 0.6 is 12.2 Å². The van der Waals surface area contributed by atoms with E-state index in [9.17, 15) is 0 Å². The van der Waals surface area contributed by atoms with Crippen LogP contribution in [0.5, 0.6) is 0 Å². The Labute approximate surface area is 149 Å². The predicted octanol–water partition coefficient (Wildman–Crippen LogP) is 2.50. The second-order valence-electron chi connectivity index (χ2n) is 4.22. The Kier molecular flexibility index (Phi) is 9.65. The summed E-state index contributed by atoms with van der Waals surface area (Å²) in [5, 5.41) is 0. The van der Waals surface area contributed by atoms with E-state index in [0.29, 0.717) is 4.32 Å². The van der Waals surface area contributed by atoms with Crippen LogP contribution in [0.3, 0.4) is 0 Å². The Morgan fingerprint density at radius 1 is 0.905 bits per heavy atom. The third kappa shape index (κ3) is 7.80. The van der Waals surface area contributed by atoms with Crippen LogP contribution in [0.2, 0.25) is 0 Å². The van der Waals surface area contributed by atoms with Crippen molar-refractivity contribution >= 4 is 57.8 Å². The van der Waals surface area contributed by atoms with Gasteiger partial charge < -0.3 is 29.7 Å². The zero-order valence-corrected chi connectivity index (χ0v) is 16.6. The summed E-state index contributed by atoms with van der Waals surface area (Å²) in [5.74, 6) is 0. The standard InChI is InChI=1S/2C6H5.C5H11NS2.Sb/c2*1-2-4-6-5-3-1;1-3-6(4-2)5(7)8;/h2*1-5H;3-4H2,1-2H3,(H,7,8);/p-1. The Bertz CT molecular complexity index is 475. The zero-order valence-electron chi connectivity index (χ0n) is 12.4. The second kappa shape index (κ2) is 11.0. The van der Waals surface area contributed by atoms with E-state index in [-0.39, 0.29) is 21.6 Å². The molecule has 2 aromatic carbocycles. The summed E-state index contributed by atoms with van der Waals surface area (Å²) < 4.78 is 3.62. The quantitative estimate of drug-likeness (QED) is 0.422. The third-order valence-corrected chi connectivity index (χ3v) is 6.48. The maximum absolute atomic E-state index is 4.76. The fourth-order valence-electron chi connectivity index (χ4n) is 1.64. The minimum absolute atomic E-state index is 0.335. The molecule has 0 bridgehead atoms. The fourth-order valence-corrected chi connectivity index (χ4v) is 4.84. The van der Waals surface area contributed by atoms with Crippen molar-refractivity contribution in [1.82, 2.24) is 4.90 Å². The van der Waals surface area contributed by atoms with Gasteiger partial charge in [-0.3, -0.25) is 0 Å². The third-order valence-electron chi connectivity index (χ3n) is 2.79. The first-order chi connectivity index (χ1) is 10.2. The van der Waals surface area contributed by atoms with E-state index in [4.69, 9.17) is 24.8 Å². The van der Waals surface area contributed by atoms with Crippen LogP contribution in [-0.4, -0.2) is 43.9 Å². The molecule has 0 aliphatic carbocycles. The first-order valence-corrected chi connectivity index (χ1v) is 10.3. The summed E-state index contributed by atoms with van der Waals surface area (Å²) in [6.07, 6.45) is 0. The van der Waals surface area contributed by atoms with Gasteiger partial charge >= 0.3 is 89.3 Å². The summed E-state index contributed by atoms with van der Waals surface area (Å²) in [6.45, 7) is 5.95. The first-order valence-electron chi connectivity index (χ1n) is 6.95. The topological polar surface area (TPSA) is 3.24 Å². The molecule has 0 unspecified atom stereocenters. The van der Waals surface area contributed by atoms with Crippen molar-refractivity contribution in [2.24, 2.45) is 0 Å². The van der Waals surface area contributed by atoms with Gasteiger partial charge in [0.25, 0.3) is 0 Å². The van der Waals surface area contributed by atoms with Crippen molar-refractivity contribution in [1.29, 1.82) is 0 Å². The normalized spacial score (nSPS) is 9.43. The molecular formula is C17H20NS2Sb-. The molecule has 2 rings (SSSR count). The summed E-state index contributed by atoms with van der Waals surface area (Å²) >= 11 is 9.18. The molecule has 0 N–H and O–H groups in total. The minimum atomic E-state index is -0.335. The van der Waals surface area contributed by atoms with E-state index in [0.717, 1.165) is 13.1 Å². The van der Waals surface area contributed by atoms with E-state index >= 15 is 0 Å². The molecule has 0 spiro atoms. The molecule has 0 heterocycles. The van der Waals surface area contributed by atoms with E-state index in [2.05, 4.69) is 60.7 Å². The predicted molar refractivity (Wildman–Crippen MR) is 101 cm³/mol. The number of hydrogen-bond acceptors (Lipinski definition) is 2. The molecule has 1 radical (unpaired) electrons. The summed E-state index contributed by atoms with van der Waals surface area (Å²) in [7, 11) is 0. The second-order valence-corrected chi connectivity index (χ2v) is 8.84. The Morgan fingerprint density at radius 2 is 1.29 bits per heavy atom. The van der Waals surface area contributed by atoms with E-state index in [1.165, 1.54) is 7.02 Å². The molecule has 1 nitrogen and oxygen atoms in total. The van der Waals surface area contributed by atoms with Gasteiger partial charge in [-0.15, -0.1) is 0 Å². The van der Waals surface area contributed by atoms with Crippen molar-refractivity contribution in [3.8, 4) is 0 Å². The van der Waals surface area contributed by atoms with Crippen molar-refractivity contribution in [3.63, 3.8) is 0 Å². The van der Waals surface area contributed by atoms with Gasteiger partial charge in [0.2, 0.25) is 0 Å². The molecule has 0 saturated heterocycles. The molecule has 0 fully saturated rings. The molecule has 0 amide bonds. The molecule has 0 aromatic heterocycles. The monoisotopic (exact) mass is 423 g/mol. The van der Waals surface area contributed by atoms with Crippen LogP contribution in [0.1, 0.15) is 13.8 Å². The van der Waals surface area contributed by atoms with Crippen LogP contribution in [-0.2, 0) is 12.6 Å². The molecule has 2 aromatic rings. The Balaban J connectivity index is 0.000000240. The molecule has 4 heteroatoms. The van der Waals surface area contributed by atoms with Gasteiger partial charge in [-0.05, 0) is 13.8 Å². The van der Waals surface area contributed by atoms with Crippen LogP contribution in [0.15, 0.2) is 60.7 Å². The van der Waals surface area contributed by atoms with Gasteiger partial charge in [-0.25, -0.2) is 0 Å². The molecule has 0 saturated carbocycles.